The van der Waals surface area contributed by atoms with Crippen LogP contribution < -0.4 is 5.32 Å². The van der Waals surface area contributed by atoms with E-state index in [-0.39, 0.29) is 6.04 Å². The van der Waals surface area contributed by atoms with Gasteiger partial charge in [0.2, 0.25) is 0 Å². The Kier molecular flexibility index (Phi) is 4.73. The van der Waals surface area contributed by atoms with Crippen molar-refractivity contribution in [1.82, 2.24) is 5.32 Å². The molecule has 0 saturated carbocycles. The Labute approximate surface area is 122 Å². The van der Waals surface area contributed by atoms with Crippen LogP contribution in [0.4, 0.5) is 8.78 Å². The number of hydrogen-bond acceptors (Lipinski definition) is 1. The molecular weight excluding hydrogens is 280 g/mol. The highest BCUT2D eigenvalue weighted by Crippen LogP contribution is 2.24. The minimum Gasteiger partial charge on any atom is -0.313 e. The molecule has 0 aromatic heterocycles. The molecule has 2 aromatic carbocycles. The van der Waals surface area contributed by atoms with Crippen LogP contribution in [-0.4, -0.2) is 7.05 Å². The fraction of sp³-hybridized carbons (Fsp3) is 0.250. The minimum absolute atomic E-state index is 0.0469. The highest BCUT2D eigenvalue weighted by molar-refractivity contribution is 6.31. The monoisotopic (exact) mass is 295 g/mol. The Morgan fingerprint density at radius 1 is 1.10 bits per heavy atom. The molecule has 0 fully saturated rings. The highest BCUT2D eigenvalue weighted by atomic mass is 35.5. The SMILES string of the molecule is CNC(Cc1cc(F)cc(F)c1)c1ccc(C)c(Cl)c1. The zero-order valence-electron chi connectivity index (χ0n) is 11.4. The molecule has 0 aliphatic carbocycles. The van der Waals surface area contributed by atoms with Crippen molar-refractivity contribution in [2.75, 3.05) is 7.05 Å². The number of halogens is 3. The normalized spacial score (nSPS) is 12.4. The van der Waals surface area contributed by atoms with Crippen LogP contribution in [0.15, 0.2) is 36.4 Å². The Bertz CT molecular complexity index is 593. The van der Waals surface area contributed by atoms with Crippen LogP contribution in [0.1, 0.15) is 22.7 Å². The van der Waals surface area contributed by atoms with E-state index >= 15 is 0 Å². The summed E-state index contributed by atoms with van der Waals surface area (Å²) in [6.45, 7) is 1.93. The molecule has 106 valence electrons. The quantitative estimate of drug-likeness (QED) is 0.880. The standard InChI is InChI=1S/C16H16ClF2N/c1-10-3-4-12(8-15(10)17)16(20-2)7-11-5-13(18)9-14(19)6-11/h3-6,8-9,16,20H,7H2,1-2H3. The van der Waals surface area contributed by atoms with Gasteiger partial charge in [-0.15, -0.1) is 0 Å². The lowest BCUT2D eigenvalue weighted by molar-refractivity contribution is 0.562. The average molecular weight is 296 g/mol. The number of nitrogens with one attached hydrogen (secondary N) is 1. The molecule has 0 saturated heterocycles. The summed E-state index contributed by atoms with van der Waals surface area (Å²) in [5.74, 6) is -1.12. The maximum atomic E-state index is 13.2. The Morgan fingerprint density at radius 2 is 1.75 bits per heavy atom. The van der Waals surface area contributed by atoms with Gasteiger partial charge in [-0.05, 0) is 55.3 Å². The van der Waals surface area contributed by atoms with Gasteiger partial charge >= 0.3 is 0 Å². The highest BCUT2D eigenvalue weighted by Gasteiger charge is 2.12. The lowest BCUT2D eigenvalue weighted by Gasteiger charge is -2.18. The molecular formula is C16H16ClF2N. The molecule has 2 rings (SSSR count). The first-order valence-corrected chi connectivity index (χ1v) is 6.75. The summed E-state index contributed by atoms with van der Waals surface area (Å²) in [6.07, 6.45) is 0.491. The molecule has 4 heteroatoms. The second kappa shape index (κ2) is 6.33. The van der Waals surface area contributed by atoms with Gasteiger partial charge in [0.1, 0.15) is 11.6 Å². The first kappa shape index (κ1) is 14.9. The van der Waals surface area contributed by atoms with E-state index in [9.17, 15) is 8.78 Å². The van der Waals surface area contributed by atoms with Crippen molar-refractivity contribution in [3.05, 3.63) is 69.7 Å². The summed E-state index contributed by atoms with van der Waals surface area (Å²) in [6, 6.07) is 9.32. The third-order valence-electron chi connectivity index (χ3n) is 3.31. The minimum atomic E-state index is -0.559. The number of aryl methyl sites for hydroxylation is 1. The second-order valence-corrected chi connectivity index (χ2v) is 5.24. The number of benzene rings is 2. The van der Waals surface area contributed by atoms with E-state index in [1.54, 1.807) is 0 Å². The van der Waals surface area contributed by atoms with E-state index in [1.165, 1.54) is 12.1 Å². The van der Waals surface area contributed by atoms with Crippen molar-refractivity contribution in [2.45, 2.75) is 19.4 Å². The Morgan fingerprint density at radius 3 is 2.30 bits per heavy atom. The van der Waals surface area contributed by atoms with Crippen LogP contribution in [0.3, 0.4) is 0 Å². The van der Waals surface area contributed by atoms with Gasteiger partial charge < -0.3 is 5.32 Å². The Hall–Kier alpha value is -1.45. The van der Waals surface area contributed by atoms with Gasteiger partial charge in [0, 0.05) is 17.1 Å². The fourth-order valence-electron chi connectivity index (χ4n) is 2.18. The molecule has 0 radical (unpaired) electrons. The molecule has 0 heterocycles. The van der Waals surface area contributed by atoms with Crippen LogP contribution in [0.2, 0.25) is 5.02 Å². The summed E-state index contributed by atoms with van der Waals surface area (Å²) in [7, 11) is 1.81. The molecule has 1 unspecified atom stereocenters. The van der Waals surface area contributed by atoms with Crippen LogP contribution in [0.5, 0.6) is 0 Å². The lowest BCUT2D eigenvalue weighted by Crippen LogP contribution is -2.19. The van der Waals surface area contributed by atoms with Gasteiger partial charge in [-0.25, -0.2) is 8.78 Å². The van der Waals surface area contributed by atoms with Crippen LogP contribution >= 0.6 is 11.6 Å². The van der Waals surface area contributed by atoms with Gasteiger partial charge in [-0.2, -0.15) is 0 Å². The number of hydrogen-bond donors (Lipinski definition) is 1. The summed E-state index contributed by atoms with van der Waals surface area (Å²) < 4.78 is 26.4. The molecule has 0 spiro atoms. The molecule has 0 bridgehead atoms. The third kappa shape index (κ3) is 3.56. The molecule has 1 N–H and O–H groups in total. The van der Waals surface area contributed by atoms with Gasteiger partial charge in [0.05, 0.1) is 0 Å². The predicted octanol–water partition coefficient (Wildman–Crippen LogP) is 4.43. The van der Waals surface area contributed by atoms with E-state index in [0.29, 0.717) is 17.0 Å². The van der Waals surface area contributed by atoms with E-state index in [2.05, 4.69) is 5.32 Å². The first-order valence-electron chi connectivity index (χ1n) is 6.38. The topological polar surface area (TPSA) is 12.0 Å². The van der Waals surface area contributed by atoms with Crippen molar-refractivity contribution >= 4 is 11.6 Å². The van der Waals surface area contributed by atoms with E-state index in [1.807, 2.05) is 32.2 Å². The van der Waals surface area contributed by atoms with Crippen molar-refractivity contribution in [3.8, 4) is 0 Å². The summed E-state index contributed by atoms with van der Waals surface area (Å²) in [5.41, 5.74) is 2.60. The molecule has 1 atom stereocenters. The molecule has 0 aliphatic heterocycles. The average Bonchev–Trinajstić information content (AvgIpc) is 2.38. The van der Waals surface area contributed by atoms with E-state index in [4.69, 9.17) is 11.6 Å². The molecule has 2 aromatic rings. The van der Waals surface area contributed by atoms with E-state index in [0.717, 1.165) is 17.2 Å². The van der Waals surface area contributed by atoms with Crippen molar-refractivity contribution in [3.63, 3.8) is 0 Å². The zero-order valence-corrected chi connectivity index (χ0v) is 12.1. The maximum absolute atomic E-state index is 13.2. The predicted molar refractivity (Wildman–Crippen MR) is 78.1 cm³/mol. The van der Waals surface area contributed by atoms with Crippen LogP contribution in [0.25, 0.3) is 0 Å². The first-order chi connectivity index (χ1) is 9.49. The Balaban J connectivity index is 2.26. The van der Waals surface area contributed by atoms with Crippen LogP contribution in [0, 0.1) is 18.6 Å². The maximum Gasteiger partial charge on any atom is 0.126 e. The summed E-state index contributed by atoms with van der Waals surface area (Å²) in [5, 5.41) is 3.84. The zero-order chi connectivity index (χ0) is 14.7. The largest absolute Gasteiger partial charge is 0.313 e. The summed E-state index contributed by atoms with van der Waals surface area (Å²) >= 11 is 6.12. The van der Waals surface area contributed by atoms with Gasteiger partial charge in [-0.3, -0.25) is 0 Å². The molecule has 20 heavy (non-hydrogen) atoms. The molecule has 0 amide bonds. The molecule has 1 nitrogen and oxygen atoms in total. The number of likely N-dealkylation sites (N-methyl/N-ethyl adjacent to an activating group) is 1. The second-order valence-electron chi connectivity index (χ2n) is 4.83. The summed E-state index contributed by atoms with van der Waals surface area (Å²) in [4.78, 5) is 0. The third-order valence-corrected chi connectivity index (χ3v) is 3.72. The van der Waals surface area contributed by atoms with Gasteiger partial charge in [0.15, 0.2) is 0 Å². The molecule has 0 aliphatic rings. The van der Waals surface area contributed by atoms with Crippen LogP contribution in [-0.2, 0) is 6.42 Å². The lowest BCUT2D eigenvalue weighted by atomic mass is 9.98. The van der Waals surface area contributed by atoms with Crippen molar-refractivity contribution in [2.24, 2.45) is 0 Å². The van der Waals surface area contributed by atoms with Gasteiger partial charge in [0.25, 0.3) is 0 Å². The van der Waals surface area contributed by atoms with Gasteiger partial charge in [-0.1, -0.05) is 23.7 Å². The van der Waals surface area contributed by atoms with Crippen molar-refractivity contribution in [1.29, 1.82) is 0 Å². The fourth-order valence-corrected chi connectivity index (χ4v) is 2.37. The smallest absolute Gasteiger partial charge is 0.126 e. The van der Waals surface area contributed by atoms with E-state index < -0.39 is 11.6 Å². The van der Waals surface area contributed by atoms with Crippen molar-refractivity contribution < 1.29 is 8.78 Å². The number of rotatable bonds is 4.